The Morgan fingerprint density at radius 3 is 2.50 bits per heavy atom. The highest BCUT2D eigenvalue weighted by Gasteiger charge is 2.07. The molecule has 1 N–H and O–H groups in total. The van der Waals surface area contributed by atoms with Gasteiger partial charge in [0.15, 0.2) is 15.6 Å². The third-order valence-electron chi connectivity index (χ3n) is 0.606. The maximum absolute atomic E-state index is 10.4. The van der Waals surface area contributed by atoms with Crippen LogP contribution < -0.4 is 0 Å². The Kier molecular flexibility index (Phi) is 3.01. The second-order valence-corrected chi connectivity index (χ2v) is 3.92. The maximum Gasteiger partial charge on any atom is 0.192 e. The highest BCUT2D eigenvalue weighted by Crippen LogP contribution is 1.81. The molecule has 0 aromatic rings. The molecule has 0 fully saturated rings. The van der Waals surface area contributed by atoms with Crippen LogP contribution in [0.4, 0.5) is 0 Å². The van der Waals surface area contributed by atoms with Crippen LogP contribution in [0.1, 0.15) is 0 Å². The predicted molar refractivity (Wildman–Crippen MR) is 35.0 cm³/mol. The standard InChI is InChI=1S/C4H7NO4S/c1-10(8,9)3-4(6)2-5-7/h2,7H,3H2,1H3/b5-2+. The SMILES string of the molecule is CS(=O)(=O)CC(=O)/C=N/O. The summed E-state index contributed by atoms with van der Waals surface area (Å²) in [7, 11) is -3.30. The first-order valence-corrected chi connectivity index (χ1v) is 4.40. The maximum atomic E-state index is 10.4. The quantitative estimate of drug-likeness (QED) is 0.332. The molecule has 0 atom stereocenters. The number of hydrogen-bond acceptors (Lipinski definition) is 5. The minimum Gasteiger partial charge on any atom is -0.411 e. The van der Waals surface area contributed by atoms with Crippen molar-refractivity contribution in [3.8, 4) is 0 Å². The molecule has 0 radical (unpaired) electrons. The molecule has 6 heteroatoms. The minimum absolute atomic E-state index is 0.557. The molecule has 0 aliphatic heterocycles. The third kappa shape index (κ3) is 5.23. The molecule has 0 unspecified atom stereocenters. The lowest BCUT2D eigenvalue weighted by atomic mass is 10.5. The van der Waals surface area contributed by atoms with Crippen molar-refractivity contribution in [1.29, 1.82) is 0 Å². The van der Waals surface area contributed by atoms with Crippen LogP contribution in [0.3, 0.4) is 0 Å². The van der Waals surface area contributed by atoms with Crippen molar-refractivity contribution in [1.82, 2.24) is 0 Å². The molecule has 0 aliphatic carbocycles. The number of sulfone groups is 1. The molecule has 0 aromatic carbocycles. The second-order valence-electron chi connectivity index (χ2n) is 1.78. The van der Waals surface area contributed by atoms with Gasteiger partial charge in [0, 0.05) is 6.26 Å². The first-order valence-electron chi connectivity index (χ1n) is 2.33. The molecule has 0 aliphatic rings. The van der Waals surface area contributed by atoms with E-state index < -0.39 is 21.4 Å². The van der Waals surface area contributed by atoms with Gasteiger partial charge in [-0.3, -0.25) is 4.79 Å². The summed E-state index contributed by atoms with van der Waals surface area (Å²) in [5.41, 5.74) is 0. The van der Waals surface area contributed by atoms with E-state index in [0.29, 0.717) is 6.21 Å². The molecular formula is C4H7NO4S. The number of hydrogen-bond donors (Lipinski definition) is 1. The average Bonchev–Trinajstić information content (AvgIpc) is 1.59. The van der Waals surface area contributed by atoms with Gasteiger partial charge in [-0.25, -0.2) is 8.42 Å². The van der Waals surface area contributed by atoms with Crippen molar-refractivity contribution in [2.45, 2.75) is 0 Å². The van der Waals surface area contributed by atoms with Crippen LogP contribution in [-0.2, 0) is 14.6 Å². The Morgan fingerprint density at radius 2 is 2.20 bits per heavy atom. The van der Waals surface area contributed by atoms with E-state index in [1.54, 1.807) is 0 Å². The van der Waals surface area contributed by atoms with E-state index in [4.69, 9.17) is 5.21 Å². The first-order chi connectivity index (χ1) is 4.45. The summed E-state index contributed by atoms with van der Waals surface area (Å²) < 4.78 is 20.7. The van der Waals surface area contributed by atoms with E-state index in [1.807, 2.05) is 0 Å². The monoisotopic (exact) mass is 165 g/mol. The van der Waals surface area contributed by atoms with Gasteiger partial charge in [0.1, 0.15) is 12.0 Å². The van der Waals surface area contributed by atoms with Crippen LogP contribution >= 0.6 is 0 Å². The summed E-state index contributed by atoms with van der Waals surface area (Å²) in [5.74, 6) is -1.35. The zero-order valence-electron chi connectivity index (χ0n) is 5.31. The number of nitrogens with zero attached hydrogens (tertiary/aromatic N) is 1. The third-order valence-corrected chi connectivity index (χ3v) is 1.42. The van der Waals surface area contributed by atoms with Crippen LogP contribution in [0.25, 0.3) is 0 Å². The molecule has 0 rings (SSSR count). The number of Topliss-reactive ketones (excluding diaryl/α,β-unsaturated/α-hetero) is 1. The van der Waals surface area contributed by atoms with Crippen LogP contribution in [0.2, 0.25) is 0 Å². The molecule has 0 spiro atoms. The van der Waals surface area contributed by atoms with Gasteiger partial charge in [0.05, 0.1) is 0 Å². The molecule has 0 saturated heterocycles. The van der Waals surface area contributed by atoms with Crippen molar-refractivity contribution >= 4 is 21.8 Å². The van der Waals surface area contributed by atoms with Crippen molar-refractivity contribution in [3.63, 3.8) is 0 Å². The lowest BCUT2D eigenvalue weighted by Gasteiger charge is -1.88. The summed E-state index contributed by atoms with van der Waals surface area (Å²) >= 11 is 0. The fourth-order valence-electron chi connectivity index (χ4n) is 0.360. The van der Waals surface area contributed by atoms with Crippen molar-refractivity contribution in [3.05, 3.63) is 0 Å². The molecule has 58 valence electrons. The number of oxime groups is 1. The Labute approximate surface area is 58.3 Å². The lowest BCUT2D eigenvalue weighted by molar-refractivity contribution is -0.110. The fraction of sp³-hybridized carbons (Fsp3) is 0.500. The molecule has 0 bridgehead atoms. The highest BCUT2D eigenvalue weighted by molar-refractivity contribution is 7.91. The molecule has 5 nitrogen and oxygen atoms in total. The predicted octanol–water partition coefficient (Wildman–Crippen LogP) is -0.940. The van der Waals surface area contributed by atoms with Gasteiger partial charge >= 0.3 is 0 Å². The largest absolute Gasteiger partial charge is 0.411 e. The number of carbonyl (C=O) groups excluding carboxylic acids is 1. The summed E-state index contributed by atoms with van der Waals surface area (Å²) in [6, 6.07) is 0. The van der Waals surface area contributed by atoms with Crippen molar-refractivity contribution < 1.29 is 18.4 Å². The molecular weight excluding hydrogens is 158 g/mol. The normalized spacial score (nSPS) is 12.1. The average molecular weight is 165 g/mol. The Bertz CT molecular complexity index is 240. The van der Waals surface area contributed by atoms with E-state index in [2.05, 4.69) is 5.16 Å². The summed E-state index contributed by atoms with van der Waals surface area (Å²) in [4.78, 5) is 10.4. The molecule has 0 amide bonds. The lowest BCUT2D eigenvalue weighted by Crippen LogP contribution is -2.14. The Hall–Kier alpha value is -0.910. The van der Waals surface area contributed by atoms with Crippen LogP contribution in [0.5, 0.6) is 0 Å². The topological polar surface area (TPSA) is 83.8 Å². The van der Waals surface area contributed by atoms with Crippen LogP contribution in [-0.4, -0.2) is 37.6 Å². The first kappa shape index (κ1) is 9.09. The molecule has 0 aromatic heterocycles. The van der Waals surface area contributed by atoms with Crippen molar-refractivity contribution in [2.24, 2.45) is 5.16 Å². The van der Waals surface area contributed by atoms with E-state index in [1.165, 1.54) is 0 Å². The summed E-state index contributed by atoms with van der Waals surface area (Å²) in [6.45, 7) is 0. The molecule has 0 heterocycles. The van der Waals surface area contributed by atoms with Crippen molar-refractivity contribution in [2.75, 3.05) is 12.0 Å². The summed E-state index contributed by atoms with van der Waals surface area (Å²) in [5, 5.41) is 10.2. The number of carbonyl (C=O) groups is 1. The zero-order valence-corrected chi connectivity index (χ0v) is 6.13. The smallest absolute Gasteiger partial charge is 0.192 e. The van der Waals surface area contributed by atoms with Gasteiger partial charge in [-0.05, 0) is 0 Å². The van der Waals surface area contributed by atoms with Crippen LogP contribution in [0, 0.1) is 0 Å². The van der Waals surface area contributed by atoms with Gasteiger partial charge < -0.3 is 5.21 Å². The molecule has 10 heavy (non-hydrogen) atoms. The van der Waals surface area contributed by atoms with Gasteiger partial charge in [-0.15, -0.1) is 0 Å². The second kappa shape index (κ2) is 3.31. The van der Waals surface area contributed by atoms with E-state index in [0.717, 1.165) is 6.26 Å². The minimum atomic E-state index is -3.30. The fourth-order valence-corrected chi connectivity index (χ4v) is 0.951. The number of ketones is 1. The zero-order chi connectivity index (χ0) is 8.20. The Balaban J connectivity index is 4.07. The number of rotatable bonds is 3. The van der Waals surface area contributed by atoms with Gasteiger partial charge in [0.2, 0.25) is 0 Å². The summed E-state index contributed by atoms with van der Waals surface area (Å²) in [6.07, 6.45) is 1.48. The van der Waals surface area contributed by atoms with E-state index in [9.17, 15) is 13.2 Å². The van der Waals surface area contributed by atoms with Gasteiger partial charge in [0.25, 0.3) is 0 Å². The van der Waals surface area contributed by atoms with Gasteiger partial charge in [-0.1, -0.05) is 5.16 Å². The van der Waals surface area contributed by atoms with Gasteiger partial charge in [-0.2, -0.15) is 0 Å². The van der Waals surface area contributed by atoms with E-state index >= 15 is 0 Å². The van der Waals surface area contributed by atoms with E-state index in [-0.39, 0.29) is 0 Å². The van der Waals surface area contributed by atoms with Crippen LogP contribution in [0.15, 0.2) is 5.16 Å². The Morgan fingerprint density at radius 1 is 1.70 bits per heavy atom. The molecule has 0 saturated carbocycles. The highest BCUT2D eigenvalue weighted by atomic mass is 32.2.